The molecule has 0 amide bonds. The highest BCUT2D eigenvalue weighted by Crippen LogP contribution is 2.31. The van der Waals surface area contributed by atoms with Crippen LogP contribution in [0.25, 0.3) is 22.0 Å². The molecular formula is C20H24N6. The molecule has 1 saturated carbocycles. The van der Waals surface area contributed by atoms with Gasteiger partial charge in [-0.15, -0.1) is 0 Å². The van der Waals surface area contributed by atoms with Gasteiger partial charge in [0, 0.05) is 29.2 Å². The van der Waals surface area contributed by atoms with Gasteiger partial charge < -0.3 is 16.4 Å². The molecule has 2 aromatic heterocycles. The molecule has 4 N–H and O–H groups in total. The van der Waals surface area contributed by atoms with Crippen molar-refractivity contribution in [3.8, 4) is 11.1 Å². The standard InChI is InChI=1S/C20H24N6/c1-22-14-3-5-15(6-4-14)26-20-17-10-13(2-7-19(17)24-12-25-20)16-8-9-23-11-18(16)21/h2,7-12,14-15,22H,3-6,21H2,1H3,(H,24,25,26). The number of nitrogens with zero attached hydrogens (tertiary/aromatic N) is 3. The van der Waals surface area contributed by atoms with Crippen LogP contribution in [0.1, 0.15) is 25.7 Å². The minimum atomic E-state index is 0.451. The molecule has 1 aliphatic carbocycles. The molecule has 0 bridgehead atoms. The third kappa shape index (κ3) is 3.32. The molecule has 6 heteroatoms. The van der Waals surface area contributed by atoms with Crippen molar-refractivity contribution in [3.05, 3.63) is 43.0 Å². The van der Waals surface area contributed by atoms with Gasteiger partial charge in [0.15, 0.2) is 0 Å². The number of aromatic nitrogens is 3. The summed E-state index contributed by atoms with van der Waals surface area (Å²) >= 11 is 0. The van der Waals surface area contributed by atoms with E-state index in [1.807, 2.05) is 25.2 Å². The second-order valence-electron chi connectivity index (χ2n) is 6.90. The van der Waals surface area contributed by atoms with Crippen LogP contribution in [0.15, 0.2) is 43.0 Å². The van der Waals surface area contributed by atoms with E-state index < -0.39 is 0 Å². The fourth-order valence-corrected chi connectivity index (χ4v) is 3.73. The lowest BCUT2D eigenvalue weighted by Crippen LogP contribution is -2.35. The highest BCUT2D eigenvalue weighted by molar-refractivity contribution is 5.93. The van der Waals surface area contributed by atoms with Crippen molar-refractivity contribution in [1.29, 1.82) is 0 Å². The van der Waals surface area contributed by atoms with E-state index in [9.17, 15) is 0 Å². The molecule has 2 heterocycles. The van der Waals surface area contributed by atoms with Gasteiger partial charge in [-0.3, -0.25) is 4.98 Å². The SMILES string of the molecule is CNC1CCC(Nc2ncnc3ccc(-c4ccncc4N)cc23)CC1. The number of rotatable bonds is 4. The fourth-order valence-electron chi connectivity index (χ4n) is 3.73. The molecule has 0 saturated heterocycles. The van der Waals surface area contributed by atoms with Crippen LogP contribution in [0.5, 0.6) is 0 Å². The number of nitrogens with one attached hydrogen (secondary N) is 2. The molecule has 4 rings (SSSR count). The number of anilines is 2. The number of nitrogen functional groups attached to an aromatic ring is 1. The first kappa shape index (κ1) is 16.7. The molecule has 0 atom stereocenters. The van der Waals surface area contributed by atoms with Crippen molar-refractivity contribution in [1.82, 2.24) is 20.3 Å². The lowest BCUT2D eigenvalue weighted by Gasteiger charge is -2.29. The first-order chi connectivity index (χ1) is 12.7. The summed E-state index contributed by atoms with van der Waals surface area (Å²) in [4.78, 5) is 13.0. The maximum Gasteiger partial charge on any atom is 0.137 e. The summed E-state index contributed by atoms with van der Waals surface area (Å²) in [7, 11) is 2.04. The van der Waals surface area contributed by atoms with Crippen molar-refractivity contribution in [3.63, 3.8) is 0 Å². The maximum absolute atomic E-state index is 6.09. The molecule has 0 spiro atoms. The Kier molecular flexibility index (Phi) is 4.67. The molecule has 0 unspecified atom stereocenters. The van der Waals surface area contributed by atoms with Gasteiger partial charge in [-0.25, -0.2) is 9.97 Å². The van der Waals surface area contributed by atoms with E-state index in [4.69, 9.17) is 5.73 Å². The molecule has 3 aromatic rings. The molecule has 134 valence electrons. The molecule has 1 fully saturated rings. The summed E-state index contributed by atoms with van der Waals surface area (Å²) in [5.41, 5.74) is 9.73. The van der Waals surface area contributed by atoms with E-state index in [1.165, 1.54) is 12.8 Å². The van der Waals surface area contributed by atoms with Crippen LogP contribution in [0, 0.1) is 0 Å². The van der Waals surface area contributed by atoms with Crippen LogP contribution in [0.2, 0.25) is 0 Å². The van der Waals surface area contributed by atoms with Crippen LogP contribution in [0.3, 0.4) is 0 Å². The zero-order chi connectivity index (χ0) is 17.9. The van der Waals surface area contributed by atoms with Crippen LogP contribution < -0.4 is 16.4 Å². The van der Waals surface area contributed by atoms with Crippen molar-refractivity contribution in [2.75, 3.05) is 18.1 Å². The Labute approximate surface area is 153 Å². The molecule has 1 aromatic carbocycles. The molecular weight excluding hydrogens is 324 g/mol. The largest absolute Gasteiger partial charge is 0.397 e. The first-order valence-corrected chi connectivity index (χ1v) is 9.13. The average Bonchev–Trinajstić information content (AvgIpc) is 2.69. The highest BCUT2D eigenvalue weighted by atomic mass is 15.0. The maximum atomic E-state index is 6.09. The van der Waals surface area contributed by atoms with Gasteiger partial charge >= 0.3 is 0 Å². The Hall–Kier alpha value is -2.73. The lowest BCUT2D eigenvalue weighted by molar-refractivity contribution is 0.371. The van der Waals surface area contributed by atoms with E-state index in [2.05, 4.69) is 31.7 Å². The summed E-state index contributed by atoms with van der Waals surface area (Å²) in [6.45, 7) is 0. The Morgan fingerprint density at radius 1 is 1.04 bits per heavy atom. The number of hydrogen-bond donors (Lipinski definition) is 3. The number of hydrogen-bond acceptors (Lipinski definition) is 6. The van der Waals surface area contributed by atoms with Gasteiger partial charge in [0.05, 0.1) is 17.4 Å². The van der Waals surface area contributed by atoms with Gasteiger partial charge in [0.25, 0.3) is 0 Å². The molecule has 0 radical (unpaired) electrons. The van der Waals surface area contributed by atoms with Crippen LogP contribution in [0.4, 0.5) is 11.5 Å². The summed E-state index contributed by atoms with van der Waals surface area (Å²) in [6.07, 6.45) is 9.75. The second-order valence-corrected chi connectivity index (χ2v) is 6.90. The smallest absolute Gasteiger partial charge is 0.137 e. The third-order valence-corrected chi connectivity index (χ3v) is 5.27. The summed E-state index contributed by atoms with van der Waals surface area (Å²) < 4.78 is 0. The number of benzene rings is 1. The van der Waals surface area contributed by atoms with Gasteiger partial charge in [-0.05, 0) is 56.5 Å². The van der Waals surface area contributed by atoms with Crippen LogP contribution >= 0.6 is 0 Å². The van der Waals surface area contributed by atoms with Crippen LogP contribution in [-0.4, -0.2) is 34.1 Å². The Bertz CT molecular complexity index is 902. The highest BCUT2D eigenvalue weighted by Gasteiger charge is 2.20. The van der Waals surface area contributed by atoms with E-state index in [0.717, 1.165) is 40.7 Å². The molecule has 6 nitrogen and oxygen atoms in total. The average molecular weight is 348 g/mol. The summed E-state index contributed by atoms with van der Waals surface area (Å²) in [5.74, 6) is 0.900. The third-order valence-electron chi connectivity index (χ3n) is 5.27. The first-order valence-electron chi connectivity index (χ1n) is 9.13. The van der Waals surface area contributed by atoms with Gasteiger partial charge in [-0.2, -0.15) is 0 Å². The van der Waals surface area contributed by atoms with Gasteiger partial charge in [0.2, 0.25) is 0 Å². The predicted molar refractivity (Wildman–Crippen MR) is 106 cm³/mol. The van der Waals surface area contributed by atoms with E-state index >= 15 is 0 Å². The van der Waals surface area contributed by atoms with E-state index in [1.54, 1.807) is 18.7 Å². The van der Waals surface area contributed by atoms with Crippen molar-refractivity contribution in [2.45, 2.75) is 37.8 Å². The van der Waals surface area contributed by atoms with Gasteiger partial charge in [0.1, 0.15) is 12.1 Å². The van der Waals surface area contributed by atoms with Gasteiger partial charge in [-0.1, -0.05) is 6.07 Å². The Balaban J connectivity index is 1.65. The quantitative estimate of drug-likeness (QED) is 0.671. The number of nitrogens with two attached hydrogens (primary N) is 1. The predicted octanol–water partition coefficient (Wildman–Crippen LogP) is 3.22. The number of pyridine rings is 1. The Morgan fingerprint density at radius 2 is 1.85 bits per heavy atom. The summed E-state index contributed by atoms with van der Waals surface area (Å²) in [5, 5.41) is 8.04. The monoisotopic (exact) mass is 348 g/mol. The Morgan fingerprint density at radius 3 is 2.62 bits per heavy atom. The normalized spacial score (nSPS) is 20.2. The molecule has 0 aliphatic heterocycles. The van der Waals surface area contributed by atoms with E-state index in [-0.39, 0.29) is 0 Å². The molecule has 26 heavy (non-hydrogen) atoms. The zero-order valence-electron chi connectivity index (χ0n) is 14.9. The minimum Gasteiger partial charge on any atom is -0.397 e. The topological polar surface area (TPSA) is 88.8 Å². The van der Waals surface area contributed by atoms with Crippen LogP contribution in [-0.2, 0) is 0 Å². The summed E-state index contributed by atoms with van der Waals surface area (Å²) in [6, 6.07) is 9.21. The second kappa shape index (κ2) is 7.25. The minimum absolute atomic E-state index is 0.451. The van der Waals surface area contributed by atoms with Crippen molar-refractivity contribution >= 4 is 22.4 Å². The zero-order valence-corrected chi connectivity index (χ0v) is 14.9. The van der Waals surface area contributed by atoms with Crippen molar-refractivity contribution in [2.24, 2.45) is 0 Å². The van der Waals surface area contributed by atoms with Crippen molar-refractivity contribution < 1.29 is 0 Å². The fraction of sp³-hybridized carbons (Fsp3) is 0.350. The number of fused-ring (bicyclic) bond motifs is 1. The van der Waals surface area contributed by atoms with E-state index in [0.29, 0.717) is 17.8 Å². The molecule has 1 aliphatic rings. The lowest BCUT2D eigenvalue weighted by atomic mass is 9.91.